The van der Waals surface area contributed by atoms with Crippen LogP contribution >= 0.6 is 0 Å². The maximum absolute atomic E-state index is 11.2. The lowest BCUT2D eigenvalue weighted by atomic mass is 10.0. The van der Waals surface area contributed by atoms with Crippen molar-refractivity contribution in [3.8, 4) is 0 Å². The average molecular weight is 258 g/mol. The van der Waals surface area contributed by atoms with Crippen molar-refractivity contribution in [3.63, 3.8) is 0 Å². The molecular weight excluding hydrogens is 232 g/mol. The topological polar surface area (TPSA) is 50.8 Å². The highest BCUT2D eigenvalue weighted by Gasteiger charge is 2.29. The van der Waals surface area contributed by atoms with E-state index in [1.807, 2.05) is 6.92 Å². The van der Waals surface area contributed by atoms with Crippen molar-refractivity contribution in [3.05, 3.63) is 0 Å². The molecule has 0 radical (unpaired) electrons. The number of rotatable bonds is 7. The van der Waals surface area contributed by atoms with Gasteiger partial charge in [-0.05, 0) is 19.3 Å². The lowest BCUT2D eigenvalue weighted by Gasteiger charge is -2.27. The molecule has 0 aromatic carbocycles. The van der Waals surface area contributed by atoms with Crippen LogP contribution in [0.2, 0.25) is 0 Å². The summed E-state index contributed by atoms with van der Waals surface area (Å²) in [6, 6.07) is 0. The van der Waals surface area contributed by atoms with Gasteiger partial charge in [0.15, 0.2) is 0 Å². The molecule has 0 aromatic rings. The van der Waals surface area contributed by atoms with Gasteiger partial charge in [0.25, 0.3) is 0 Å². The Hall–Kier alpha value is -0.810. The summed E-state index contributed by atoms with van der Waals surface area (Å²) < 4.78 is 10.8. The molecule has 0 saturated carbocycles. The second kappa shape index (κ2) is 8.32. The van der Waals surface area contributed by atoms with E-state index < -0.39 is 0 Å². The lowest BCUT2D eigenvalue weighted by molar-refractivity contribution is -0.0164. The third-order valence-electron chi connectivity index (χ3n) is 3.19. The molecule has 1 heterocycles. The normalized spacial score (nSPS) is 21.8. The van der Waals surface area contributed by atoms with Crippen LogP contribution < -0.4 is 5.32 Å². The van der Waals surface area contributed by atoms with Crippen molar-refractivity contribution in [2.24, 2.45) is 5.92 Å². The molecule has 2 unspecified atom stereocenters. The Morgan fingerprint density at radius 1 is 1.56 bits per heavy atom. The van der Waals surface area contributed by atoms with E-state index in [1.165, 1.54) is 12.8 Å². The third-order valence-corrected chi connectivity index (χ3v) is 3.19. The first-order valence-electron chi connectivity index (χ1n) is 6.95. The van der Waals surface area contributed by atoms with Crippen molar-refractivity contribution in [2.45, 2.75) is 39.8 Å². The predicted molar refractivity (Wildman–Crippen MR) is 70.4 cm³/mol. The number of carbonyl (C=O) groups excluding carboxylic acids is 1. The van der Waals surface area contributed by atoms with Gasteiger partial charge in [-0.3, -0.25) is 4.90 Å². The minimum Gasteiger partial charge on any atom is -0.448 e. The van der Waals surface area contributed by atoms with Gasteiger partial charge in [-0.15, -0.1) is 0 Å². The Morgan fingerprint density at radius 2 is 2.33 bits per heavy atom. The molecule has 1 fully saturated rings. The van der Waals surface area contributed by atoms with Crippen LogP contribution in [0.25, 0.3) is 0 Å². The van der Waals surface area contributed by atoms with Gasteiger partial charge in [-0.2, -0.15) is 0 Å². The zero-order chi connectivity index (χ0) is 13.4. The number of nitrogens with one attached hydrogen (secondary N) is 1. The number of alkyl carbamates (subject to hydrolysis) is 1. The lowest BCUT2D eigenvalue weighted by Crippen LogP contribution is -2.38. The highest BCUT2D eigenvalue weighted by Crippen LogP contribution is 2.21. The number of hydrogen-bond donors (Lipinski definition) is 1. The molecule has 1 saturated heterocycles. The van der Waals surface area contributed by atoms with Crippen LogP contribution in [0.1, 0.15) is 33.6 Å². The molecule has 2 atom stereocenters. The van der Waals surface area contributed by atoms with Crippen LogP contribution in [0.3, 0.4) is 0 Å². The minimum absolute atomic E-state index is 0.183. The minimum atomic E-state index is -0.337. The van der Waals surface area contributed by atoms with E-state index in [2.05, 4.69) is 24.1 Å². The van der Waals surface area contributed by atoms with E-state index in [4.69, 9.17) is 9.47 Å². The van der Waals surface area contributed by atoms with E-state index >= 15 is 0 Å². The molecular formula is C13H26N2O3. The maximum atomic E-state index is 11.2. The molecule has 1 aliphatic rings. The number of nitrogens with zero attached hydrogens (tertiary/aromatic N) is 1. The van der Waals surface area contributed by atoms with E-state index in [-0.39, 0.29) is 12.3 Å². The summed E-state index contributed by atoms with van der Waals surface area (Å²) in [6.07, 6.45) is 2.18. The molecule has 1 rings (SSSR count). The summed E-state index contributed by atoms with van der Waals surface area (Å²) in [7, 11) is 0. The van der Waals surface area contributed by atoms with Gasteiger partial charge in [-0.25, -0.2) is 4.79 Å². The Balaban J connectivity index is 2.25. The molecule has 18 heavy (non-hydrogen) atoms. The van der Waals surface area contributed by atoms with Gasteiger partial charge in [0, 0.05) is 19.6 Å². The molecule has 1 amide bonds. The second-order valence-electron chi connectivity index (χ2n) is 4.73. The Bertz CT molecular complexity index is 248. The zero-order valence-electron chi connectivity index (χ0n) is 11.8. The van der Waals surface area contributed by atoms with Gasteiger partial charge in [-0.1, -0.05) is 20.3 Å². The Morgan fingerprint density at radius 3 is 3.00 bits per heavy atom. The SMILES string of the molecule is CCCC(C)C1OCCN1CCOC(=O)NCC. The van der Waals surface area contributed by atoms with Crippen molar-refractivity contribution in [2.75, 3.05) is 32.8 Å². The van der Waals surface area contributed by atoms with Crippen LogP contribution in [0.15, 0.2) is 0 Å². The van der Waals surface area contributed by atoms with Gasteiger partial charge in [0.05, 0.1) is 6.61 Å². The first kappa shape index (κ1) is 15.2. The van der Waals surface area contributed by atoms with Crippen LogP contribution in [0.5, 0.6) is 0 Å². The fourth-order valence-electron chi connectivity index (χ4n) is 2.34. The van der Waals surface area contributed by atoms with E-state index in [0.29, 0.717) is 19.1 Å². The smallest absolute Gasteiger partial charge is 0.407 e. The molecule has 106 valence electrons. The van der Waals surface area contributed by atoms with Crippen molar-refractivity contribution < 1.29 is 14.3 Å². The van der Waals surface area contributed by atoms with Crippen molar-refractivity contribution in [1.82, 2.24) is 10.2 Å². The monoisotopic (exact) mass is 258 g/mol. The van der Waals surface area contributed by atoms with E-state index in [1.54, 1.807) is 0 Å². The molecule has 0 aromatic heterocycles. The molecule has 1 N–H and O–H groups in total. The number of hydrogen-bond acceptors (Lipinski definition) is 4. The predicted octanol–water partition coefficient (Wildman–Crippen LogP) is 1.83. The molecule has 5 nitrogen and oxygen atoms in total. The molecule has 1 aliphatic heterocycles. The first-order chi connectivity index (χ1) is 8.69. The van der Waals surface area contributed by atoms with Crippen LogP contribution in [0.4, 0.5) is 4.79 Å². The number of carbonyl (C=O) groups is 1. The summed E-state index contributed by atoms with van der Waals surface area (Å²) in [6.45, 7) is 9.75. The standard InChI is InChI=1S/C13H26N2O3/c1-4-6-11(3)12-15(7-9-17-12)8-10-18-13(16)14-5-2/h11-12H,4-10H2,1-3H3,(H,14,16). The zero-order valence-corrected chi connectivity index (χ0v) is 11.8. The summed E-state index contributed by atoms with van der Waals surface area (Å²) in [5.74, 6) is 0.530. The van der Waals surface area contributed by atoms with E-state index in [9.17, 15) is 4.79 Å². The summed E-state index contributed by atoms with van der Waals surface area (Å²) in [4.78, 5) is 13.4. The molecule has 0 aliphatic carbocycles. The summed E-state index contributed by atoms with van der Waals surface area (Å²) in [5.41, 5.74) is 0. The summed E-state index contributed by atoms with van der Waals surface area (Å²) >= 11 is 0. The van der Waals surface area contributed by atoms with Crippen molar-refractivity contribution in [1.29, 1.82) is 0 Å². The second-order valence-corrected chi connectivity index (χ2v) is 4.73. The summed E-state index contributed by atoms with van der Waals surface area (Å²) in [5, 5.41) is 2.61. The van der Waals surface area contributed by atoms with Crippen LogP contribution in [-0.2, 0) is 9.47 Å². The van der Waals surface area contributed by atoms with E-state index in [0.717, 1.165) is 19.7 Å². The van der Waals surface area contributed by atoms with Gasteiger partial charge in [0.2, 0.25) is 0 Å². The number of amides is 1. The highest BCUT2D eigenvalue weighted by atomic mass is 16.6. The molecule has 0 bridgehead atoms. The van der Waals surface area contributed by atoms with Crippen LogP contribution in [-0.4, -0.2) is 50.1 Å². The average Bonchev–Trinajstić information content (AvgIpc) is 2.78. The van der Waals surface area contributed by atoms with Crippen molar-refractivity contribution >= 4 is 6.09 Å². The van der Waals surface area contributed by atoms with Gasteiger partial charge < -0.3 is 14.8 Å². The highest BCUT2D eigenvalue weighted by molar-refractivity contribution is 5.66. The quantitative estimate of drug-likeness (QED) is 0.757. The third kappa shape index (κ3) is 4.82. The maximum Gasteiger partial charge on any atom is 0.407 e. The van der Waals surface area contributed by atoms with Gasteiger partial charge in [0.1, 0.15) is 12.8 Å². The number of ether oxygens (including phenoxy) is 2. The van der Waals surface area contributed by atoms with Crippen LogP contribution in [0, 0.1) is 5.92 Å². The fourth-order valence-corrected chi connectivity index (χ4v) is 2.34. The molecule has 0 spiro atoms. The fraction of sp³-hybridized carbons (Fsp3) is 0.923. The van der Waals surface area contributed by atoms with Gasteiger partial charge >= 0.3 is 6.09 Å². The Labute approximate surface area is 110 Å². The Kier molecular flexibility index (Phi) is 7.05. The molecule has 5 heteroatoms. The largest absolute Gasteiger partial charge is 0.448 e. The first-order valence-corrected chi connectivity index (χ1v) is 6.95.